The first-order valence-corrected chi connectivity index (χ1v) is 12.8. The van der Waals surface area contributed by atoms with Crippen LogP contribution >= 0.6 is 0 Å². The minimum atomic E-state index is -1.94. The summed E-state index contributed by atoms with van der Waals surface area (Å²) in [5, 5.41) is 0. The molecule has 2 aromatic carbocycles. The first-order chi connectivity index (χ1) is 18.2. The fraction of sp³-hybridized carbons (Fsp3) is 0.414. The van der Waals surface area contributed by atoms with Gasteiger partial charge in [-0.2, -0.15) is 0 Å². The molecule has 4 rings (SSSR count). The quantitative estimate of drug-likeness (QED) is 0.188. The standard InChI is InChI=1S/C27H27F4N3O2.C2H6/c1-15-19(24(29)26(31)25(30)23(15)28)13-22(35)34(2)27-20(12-16-6-4-5-7-16)33-21(14-32-27)17-8-10-18(36-3)11-9-17;1-2/h8-11,14,16H,4-7,12-13H2,1-3H3;1-2H3. The Hall–Kier alpha value is -3.49. The molecule has 5 nitrogen and oxygen atoms in total. The number of amides is 1. The molecule has 1 aliphatic carbocycles. The topological polar surface area (TPSA) is 55.3 Å². The third kappa shape index (κ3) is 6.14. The Morgan fingerprint density at radius 1 is 1.00 bits per heavy atom. The molecule has 38 heavy (non-hydrogen) atoms. The van der Waals surface area contributed by atoms with E-state index in [4.69, 9.17) is 9.72 Å². The van der Waals surface area contributed by atoms with Gasteiger partial charge in [0.2, 0.25) is 5.91 Å². The van der Waals surface area contributed by atoms with Crippen LogP contribution in [0.2, 0.25) is 0 Å². The molecule has 1 fully saturated rings. The molecule has 204 valence electrons. The maximum Gasteiger partial charge on any atom is 0.232 e. The number of halogens is 4. The first-order valence-electron chi connectivity index (χ1n) is 12.8. The van der Waals surface area contributed by atoms with Crippen molar-refractivity contribution in [2.75, 3.05) is 19.1 Å². The first kappa shape index (κ1) is 29.1. The number of carbonyl (C=O) groups excluding carboxylic acids is 1. The predicted molar refractivity (Wildman–Crippen MR) is 139 cm³/mol. The van der Waals surface area contributed by atoms with Crippen LogP contribution in [0.15, 0.2) is 30.5 Å². The van der Waals surface area contributed by atoms with E-state index in [1.807, 2.05) is 38.1 Å². The Bertz CT molecular complexity index is 1250. The molecule has 0 spiro atoms. The number of ether oxygens (including phenoxy) is 1. The van der Waals surface area contributed by atoms with Gasteiger partial charge < -0.3 is 4.74 Å². The molecule has 0 bridgehead atoms. The molecule has 0 atom stereocenters. The summed E-state index contributed by atoms with van der Waals surface area (Å²) >= 11 is 0. The highest BCUT2D eigenvalue weighted by Gasteiger charge is 2.27. The van der Waals surface area contributed by atoms with Crippen LogP contribution in [-0.4, -0.2) is 30.0 Å². The van der Waals surface area contributed by atoms with Crippen LogP contribution in [-0.2, 0) is 17.6 Å². The Morgan fingerprint density at radius 3 is 2.21 bits per heavy atom. The fourth-order valence-electron chi connectivity index (χ4n) is 4.61. The highest BCUT2D eigenvalue weighted by molar-refractivity contribution is 5.94. The van der Waals surface area contributed by atoms with Gasteiger partial charge in [0.05, 0.1) is 31.1 Å². The lowest BCUT2D eigenvalue weighted by Gasteiger charge is -2.22. The largest absolute Gasteiger partial charge is 0.497 e. The van der Waals surface area contributed by atoms with Crippen molar-refractivity contribution in [1.82, 2.24) is 9.97 Å². The van der Waals surface area contributed by atoms with E-state index in [9.17, 15) is 22.4 Å². The van der Waals surface area contributed by atoms with E-state index in [-0.39, 0.29) is 0 Å². The van der Waals surface area contributed by atoms with Gasteiger partial charge in [0.25, 0.3) is 0 Å². The summed E-state index contributed by atoms with van der Waals surface area (Å²) in [4.78, 5) is 23.6. The molecule has 1 saturated carbocycles. The highest BCUT2D eigenvalue weighted by atomic mass is 19.2. The van der Waals surface area contributed by atoms with Crippen LogP contribution in [0.1, 0.15) is 56.4 Å². The lowest BCUT2D eigenvalue weighted by Crippen LogP contribution is -2.31. The summed E-state index contributed by atoms with van der Waals surface area (Å²) in [5.41, 5.74) is 1.09. The number of carbonyl (C=O) groups is 1. The van der Waals surface area contributed by atoms with Crippen molar-refractivity contribution >= 4 is 11.7 Å². The van der Waals surface area contributed by atoms with E-state index in [0.717, 1.165) is 38.2 Å². The summed E-state index contributed by atoms with van der Waals surface area (Å²) in [6.07, 6.45) is 5.84. The Kier molecular flexibility index (Phi) is 9.83. The SMILES string of the molecule is CC.COc1ccc(-c2cnc(N(C)C(=O)Cc3c(C)c(F)c(F)c(F)c3F)c(CC3CCCC3)n2)cc1. The van der Waals surface area contributed by atoms with E-state index in [0.29, 0.717) is 35.3 Å². The zero-order chi connectivity index (χ0) is 28.0. The summed E-state index contributed by atoms with van der Waals surface area (Å²) < 4.78 is 61.0. The van der Waals surface area contributed by atoms with Crippen molar-refractivity contribution in [3.63, 3.8) is 0 Å². The zero-order valence-electron chi connectivity index (χ0n) is 22.4. The van der Waals surface area contributed by atoms with Gasteiger partial charge in [0.15, 0.2) is 29.1 Å². The summed E-state index contributed by atoms with van der Waals surface area (Å²) in [6, 6.07) is 7.35. The molecule has 1 aromatic heterocycles. The molecule has 0 aliphatic heterocycles. The summed E-state index contributed by atoms with van der Waals surface area (Å²) in [5.74, 6) is -6.16. The molecule has 0 saturated heterocycles. The number of methoxy groups -OCH3 is 1. The maximum absolute atomic E-state index is 14.4. The van der Waals surface area contributed by atoms with Crippen molar-refractivity contribution < 1.29 is 27.1 Å². The van der Waals surface area contributed by atoms with Crippen LogP contribution in [0.5, 0.6) is 5.75 Å². The third-order valence-electron chi connectivity index (χ3n) is 6.81. The van der Waals surface area contributed by atoms with Crippen molar-refractivity contribution in [2.24, 2.45) is 5.92 Å². The molecule has 1 aliphatic rings. The lowest BCUT2D eigenvalue weighted by molar-refractivity contribution is -0.117. The number of hydrogen-bond donors (Lipinski definition) is 0. The predicted octanol–water partition coefficient (Wildman–Crippen LogP) is 6.98. The summed E-state index contributed by atoms with van der Waals surface area (Å²) in [6.45, 7) is 5.11. The van der Waals surface area contributed by atoms with Gasteiger partial charge in [-0.3, -0.25) is 9.69 Å². The Balaban J connectivity index is 0.00000195. The smallest absolute Gasteiger partial charge is 0.232 e. The zero-order valence-corrected chi connectivity index (χ0v) is 22.4. The van der Waals surface area contributed by atoms with E-state index < -0.39 is 46.7 Å². The van der Waals surface area contributed by atoms with Crippen LogP contribution in [0.25, 0.3) is 11.3 Å². The van der Waals surface area contributed by atoms with Crippen LogP contribution in [0, 0.1) is 36.1 Å². The second-order valence-electron chi connectivity index (χ2n) is 9.10. The second-order valence-corrected chi connectivity index (χ2v) is 9.10. The van der Waals surface area contributed by atoms with E-state index in [1.54, 1.807) is 13.3 Å². The van der Waals surface area contributed by atoms with Gasteiger partial charge in [0.1, 0.15) is 5.75 Å². The van der Waals surface area contributed by atoms with Crippen LogP contribution in [0.3, 0.4) is 0 Å². The average molecular weight is 532 g/mol. The van der Waals surface area contributed by atoms with E-state index in [2.05, 4.69) is 4.98 Å². The Labute approximate surface area is 220 Å². The maximum atomic E-state index is 14.4. The van der Waals surface area contributed by atoms with Crippen LogP contribution < -0.4 is 9.64 Å². The monoisotopic (exact) mass is 531 g/mol. The van der Waals surface area contributed by atoms with Crippen molar-refractivity contribution in [3.05, 3.63) is 70.6 Å². The molecule has 3 aromatic rings. The minimum absolute atomic E-state index is 0.297. The number of hydrogen-bond acceptors (Lipinski definition) is 4. The van der Waals surface area contributed by atoms with Crippen molar-refractivity contribution in [1.29, 1.82) is 0 Å². The molecular formula is C29H33F4N3O2. The van der Waals surface area contributed by atoms with Crippen molar-refractivity contribution in [3.8, 4) is 17.0 Å². The normalized spacial score (nSPS) is 13.2. The molecule has 0 radical (unpaired) electrons. The highest BCUT2D eigenvalue weighted by Crippen LogP contribution is 2.32. The van der Waals surface area contributed by atoms with Gasteiger partial charge in [-0.15, -0.1) is 0 Å². The Morgan fingerprint density at radius 2 is 1.61 bits per heavy atom. The van der Waals surface area contributed by atoms with Crippen molar-refractivity contribution in [2.45, 2.75) is 59.3 Å². The van der Waals surface area contributed by atoms with E-state index >= 15 is 0 Å². The fourth-order valence-corrected chi connectivity index (χ4v) is 4.61. The van der Waals surface area contributed by atoms with E-state index in [1.165, 1.54) is 11.9 Å². The molecule has 0 unspecified atom stereocenters. The number of likely N-dealkylation sites (N-methyl/N-ethyl adjacent to an activating group) is 1. The minimum Gasteiger partial charge on any atom is -0.497 e. The second kappa shape index (κ2) is 12.8. The summed E-state index contributed by atoms with van der Waals surface area (Å²) in [7, 11) is 3.04. The number of benzene rings is 2. The average Bonchev–Trinajstić information content (AvgIpc) is 3.47. The van der Waals surface area contributed by atoms with Crippen LogP contribution in [0.4, 0.5) is 23.4 Å². The van der Waals surface area contributed by atoms with Gasteiger partial charge in [-0.25, -0.2) is 27.5 Å². The molecule has 1 amide bonds. The number of rotatable bonds is 7. The number of nitrogens with zero attached hydrogens (tertiary/aromatic N) is 3. The third-order valence-corrected chi connectivity index (χ3v) is 6.81. The van der Waals surface area contributed by atoms with Gasteiger partial charge >= 0.3 is 0 Å². The van der Waals surface area contributed by atoms with Gasteiger partial charge in [-0.1, -0.05) is 39.5 Å². The number of aromatic nitrogens is 2. The lowest BCUT2D eigenvalue weighted by atomic mass is 10.0. The number of anilines is 1. The molecule has 9 heteroatoms. The molecule has 1 heterocycles. The van der Waals surface area contributed by atoms with Gasteiger partial charge in [-0.05, 0) is 49.1 Å². The molecule has 0 N–H and O–H groups in total. The van der Waals surface area contributed by atoms with Gasteiger partial charge in [0, 0.05) is 18.2 Å². The molecular weight excluding hydrogens is 498 g/mol.